The quantitative estimate of drug-likeness (QED) is 0.805. The zero-order chi connectivity index (χ0) is 18.9. The molecule has 138 valence electrons. The van der Waals surface area contributed by atoms with Crippen molar-refractivity contribution in [1.29, 1.82) is 0 Å². The molecule has 8 heteroatoms. The van der Waals surface area contributed by atoms with E-state index in [4.69, 9.17) is 4.74 Å². The minimum absolute atomic E-state index is 0.0440. The second kappa shape index (κ2) is 7.25. The predicted octanol–water partition coefficient (Wildman–Crippen LogP) is 1.16. The Hall–Kier alpha value is -2.38. The summed E-state index contributed by atoms with van der Waals surface area (Å²) in [5.74, 6) is -1.51. The molecule has 2 atom stereocenters. The Balaban J connectivity index is 1.95. The van der Waals surface area contributed by atoms with Crippen molar-refractivity contribution in [2.24, 2.45) is 13.0 Å². The van der Waals surface area contributed by atoms with Gasteiger partial charge in [0.15, 0.2) is 6.10 Å². The van der Waals surface area contributed by atoms with Gasteiger partial charge in [-0.2, -0.15) is 5.10 Å². The fourth-order valence-electron chi connectivity index (χ4n) is 2.89. The molecule has 0 radical (unpaired) electrons. The molecule has 0 aliphatic carbocycles. The van der Waals surface area contributed by atoms with Crippen LogP contribution in [0, 0.1) is 19.8 Å². The number of carbonyl (C=O) groups excluding carboxylic acids is 3. The molecular weight excluding hydrogens is 324 g/mol. The average molecular weight is 350 g/mol. The molecule has 1 aliphatic rings. The monoisotopic (exact) mass is 350 g/mol. The van der Waals surface area contributed by atoms with Crippen LogP contribution < -0.4 is 5.32 Å². The summed E-state index contributed by atoms with van der Waals surface area (Å²) in [5, 5.41) is 6.99. The smallest absolute Gasteiger partial charge is 0.312 e. The SMILES string of the molecule is Cc1nn(C)c(C)c1NC(=O)C(C)OC(=O)C1CC(=O)N(C(C)C)C1. The van der Waals surface area contributed by atoms with E-state index in [0.29, 0.717) is 17.9 Å². The predicted molar refractivity (Wildman–Crippen MR) is 91.8 cm³/mol. The summed E-state index contributed by atoms with van der Waals surface area (Å²) >= 11 is 0. The number of anilines is 1. The van der Waals surface area contributed by atoms with Gasteiger partial charge in [-0.15, -0.1) is 0 Å². The van der Waals surface area contributed by atoms with Gasteiger partial charge in [0, 0.05) is 26.1 Å². The van der Waals surface area contributed by atoms with E-state index in [1.807, 2.05) is 20.8 Å². The second-order valence-corrected chi connectivity index (χ2v) is 6.78. The number of hydrogen-bond acceptors (Lipinski definition) is 5. The molecule has 0 aromatic carbocycles. The lowest BCUT2D eigenvalue weighted by Crippen LogP contribution is -2.35. The van der Waals surface area contributed by atoms with Gasteiger partial charge in [-0.3, -0.25) is 19.1 Å². The number of carbonyl (C=O) groups is 3. The Morgan fingerprint density at radius 2 is 1.92 bits per heavy atom. The number of likely N-dealkylation sites (tertiary alicyclic amines) is 1. The van der Waals surface area contributed by atoms with Gasteiger partial charge >= 0.3 is 5.97 Å². The first-order valence-corrected chi connectivity index (χ1v) is 8.42. The molecule has 2 amide bonds. The van der Waals surface area contributed by atoms with Gasteiger partial charge in [0.05, 0.1) is 23.0 Å². The maximum Gasteiger partial charge on any atom is 0.312 e. The summed E-state index contributed by atoms with van der Waals surface area (Å²) in [4.78, 5) is 38.1. The van der Waals surface area contributed by atoms with Crippen LogP contribution >= 0.6 is 0 Å². The van der Waals surface area contributed by atoms with Crippen molar-refractivity contribution in [3.8, 4) is 0 Å². The first kappa shape index (κ1) is 19.0. The zero-order valence-electron chi connectivity index (χ0n) is 15.6. The highest BCUT2D eigenvalue weighted by Crippen LogP contribution is 2.22. The summed E-state index contributed by atoms with van der Waals surface area (Å²) in [7, 11) is 1.79. The van der Waals surface area contributed by atoms with Gasteiger partial charge in [0.1, 0.15) is 0 Å². The largest absolute Gasteiger partial charge is 0.452 e. The third-order valence-corrected chi connectivity index (χ3v) is 4.53. The van der Waals surface area contributed by atoms with Crippen molar-refractivity contribution < 1.29 is 19.1 Å². The van der Waals surface area contributed by atoms with Crippen molar-refractivity contribution in [2.75, 3.05) is 11.9 Å². The van der Waals surface area contributed by atoms with Gasteiger partial charge in [0.25, 0.3) is 5.91 Å². The van der Waals surface area contributed by atoms with Crippen LogP contribution in [-0.2, 0) is 26.2 Å². The van der Waals surface area contributed by atoms with Gasteiger partial charge in [0.2, 0.25) is 5.91 Å². The van der Waals surface area contributed by atoms with Crippen LogP contribution in [0.3, 0.4) is 0 Å². The third-order valence-electron chi connectivity index (χ3n) is 4.53. The van der Waals surface area contributed by atoms with Gasteiger partial charge in [-0.05, 0) is 34.6 Å². The van der Waals surface area contributed by atoms with Crippen molar-refractivity contribution >= 4 is 23.5 Å². The lowest BCUT2D eigenvalue weighted by molar-refractivity contribution is -0.157. The third kappa shape index (κ3) is 4.00. The Morgan fingerprint density at radius 1 is 1.28 bits per heavy atom. The molecule has 25 heavy (non-hydrogen) atoms. The fourth-order valence-corrected chi connectivity index (χ4v) is 2.89. The zero-order valence-corrected chi connectivity index (χ0v) is 15.6. The molecule has 0 saturated carbocycles. The first-order valence-electron chi connectivity index (χ1n) is 8.42. The van der Waals surface area contributed by atoms with Crippen LogP contribution in [0.5, 0.6) is 0 Å². The molecule has 8 nitrogen and oxygen atoms in total. The highest BCUT2D eigenvalue weighted by atomic mass is 16.5. The Kier molecular flexibility index (Phi) is 5.49. The number of ether oxygens (including phenoxy) is 1. The molecular formula is C17H26N4O4. The molecule has 2 heterocycles. The first-order chi connectivity index (χ1) is 11.6. The molecule has 2 rings (SSSR count). The number of amides is 2. The topological polar surface area (TPSA) is 93.5 Å². The van der Waals surface area contributed by atoms with E-state index in [9.17, 15) is 14.4 Å². The van der Waals surface area contributed by atoms with Crippen LogP contribution in [0.25, 0.3) is 0 Å². The molecule has 2 unspecified atom stereocenters. The Morgan fingerprint density at radius 3 is 2.40 bits per heavy atom. The number of rotatable bonds is 5. The van der Waals surface area contributed by atoms with E-state index in [1.54, 1.807) is 23.6 Å². The number of aromatic nitrogens is 2. The number of esters is 1. The molecule has 1 saturated heterocycles. The molecule has 1 N–H and O–H groups in total. The van der Waals surface area contributed by atoms with E-state index >= 15 is 0 Å². The van der Waals surface area contributed by atoms with E-state index < -0.39 is 23.9 Å². The Bertz CT molecular complexity index is 695. The van der Waals surface area contributed by atoms with E-state index in [2.05, 4.69) is 10.4 Å². The molecule has 1 aromatic heterocycles. The van der Waals surface area contributed by atoms with Gasteiger partial charge in [-0.25, -0.2) is 0 Å². The lowest BCUT2D eigenvalue weighted by atomic mass is 10.1. The van der Waals surface area contributed by atoms with E-state index in [0.717, 1.165) is 5.69 Å². The fraction of sp³-hybridized carbons (Fsp3) is 0.647. The highest BCUT2D eigenvalue weighted by Gasteiger charge is 2.37. The van der Waals surface area contributed by atoms with Crippen LogP contribution in [0.1, 0.15) is 38.6 Å². The van der Waals surface area contributed by atoms with Crippen LogP contribution in [0.2, 0.25) is 0 Å². The number of nitrogens with one attached hydrogen (secondary N) is 1. The van der Waals surface area contributed by atoms with Crippen molar-refractivity contribution in [1.82, 2.24) is 14.7 Å². The summed E-state index contributed by atoms with van der Waals surface area (Å²) in [5.41, 5.74) is 2.14. The van der Waals surface area contributed by atoms with E-state index in [1.165, 1.54) is 6.92 Å². The summed E-state index contributed by atoms with van der Waals surface area (Å²) in [6, 6.07) is 0.0440. The van der Waals surface area contributed by atoms with Gasteiger partial charge < -0.3 is 15.0 Å². The molecule has 0 spiro atoms. The average Bonchev–Trinajstić information content (AvgIpc) is 3.02. The number of nitrogens with zero attached hydrogens (tertiary/aromatic N) is 3. The van der Waals surface area contributed by atoms with Crippen LogP contribution in [0.4, 0.5) is 5.69 Å². The highest BCUT2D eigenvalue weighted by molar-refractivity contribution is 5.96. The standard InChI is InChI=1S/C17H26N4O4/c1-9(2)21-8-13(7-14(21)22)17(24)25-12(5)16(23)18-15-10(3)19-20(6)11(15)4/h9,12-13H,7-8H2,1-6H3,(H,18,23). The Labute approximate surface area is 147 Å². The lowest BCUT2D eigenvalue weighted by Gasteiger charge is -2.21. The summed E-state index contributed by atoms with van der Waals surface area (Å²) in [6.45, 7) is 9.30. The second-order valence-electron chi connectivity index (χ2n) is 6.78. The van der Waals surface area contributed by atoms with Gasteiger partial charge in [-0.1, -0.05) is 0 Å². The maximum atomic E-state index is 12.3. The maximum absolute atomic E-state index is 12.3. The molecule has 0 bridgehead atoms. The summed E-state index contributed by atoms with van der Waals surface area (Å²) < 4.78 is 6.95. The van der Waals surface area contributed by atoms with E-state index in [-0.39, 0.29) is 18.4 Å². The minimum Gasteiger partial charge on any atom is -0.452 e. The minimum atomic E-state index is -0.949. The normalized spacial score (nSPS) is 18.6. The van der Waals surface area contributed by atoms with Crippen molar-refractivity contribution in [3.63, 3.8) is 0 Å². The van der Waals surface area contributed by atoms with Crippen molar-refractivity contribution in [2.45, 2.75) is 53.2 Å². The summed E-state index contributed by atoms with van der Waals surface area (Å²) in [6.07, 6.45) is -0.818. The molecule has 1 fully saturated rings. The van der Waals surface area contributed by atoms with Crippen LogP contribution in [-0.4, -0.2) is 51.2 Å². The van der Waals surface area contributed by atoms with Crippen LogP contribution in [0.15, 0.2) is 0 Å². The molecule has 1 aromatic rings. The number of hydrogen-bond donors (Lipinski definition) is 1. The molecule has 1 aliphatic heterocycles. The number of aryl methyl sites for hydroxylation is 2. The van der Waals surface area contributed by atoms with Crippen molar-refractivity contribution in [3.05, 3.63) is 11.4 Å².